The van der Waals surface area contributed by atoms with Gasteiger partial charge < -0.3 is 15.5 Å². The van der Waals surface area contributed by atoms with Crippen LogP contribution in [0.2, 0.25) is 0 Å². The van der Waals surface area contributed by atoms with Crippen molar-refractivity contribution in [2.45, 2.75) is 38.3 Å². The van der Waals surface area contributed by atoms with Gasteiger partial charge in [0.05, 0.1) is 5.54 Å². The zero-order valence-corrected chi connectivity index (χ0v) is 12.9. The molecule has 0 radical (unpaired) electrons. The molecular formula is C17H25N3O. The molecule has 0 aliphatic carbocycles. The molecule has 1 aromatic carbocycles. The Morgan fingerprint density at radius 3 is 2.43 bits per heavy atom. The molecule has 21 heavy (non-hydrogen) atoms. The number of carbonyl (C=O) groups excluding carboxylic acids is 1. The van der Waals surface area contributed by atoms with Crippen LogP contribution < -0.4 is 10.6 Å². The summed E-state index contributed by atoms with van der Waals surface area (Å²) < 4.78 is 0. The third-order valence-electron chi connectivity index (χ3n) is 4.89. The molecule has 2 amide bonds. The van der Waals surface area contributed by atoms with Crippen LogP contribution in [0.4, 0.5) is 4.79 Å². The van der Waals surface area contributed by atoms with E-state index in [0.717, 1.165) is 12.1 Å². The highest BCUT2D eigenvalue weighted by molar-refractivity contribution is 5.75. The van der Waals surface area contributed by atoms with Gasteiger partial charge in [-0.3, -0.25) is 0 Å². The average molecular weight is 287 g/mol. The Balaban J connectivity index is 1.59. The van der Waals surface area contributed by atoms with E-state index >= 15 is 0 Å². The monoisotopic (exact) mass is 287 g/mol. The van der Waals surface area contributed by atoms with Crippen LogP contribution in [0.1, 0.15) is 32.3 Å². The molecule has 3 aliphatic heterocycles. The molecule has 3 aliphatic rings. The number of nitrogens with one attached hydrogen (secondary N) is 2. The molecule has 0 aromatic heterocycles. The molecule has 4 heteroatoms. The lowest BCUT2D eigenvalue weighted by Gasteiger charge is -2.45. The minimum atomic E-state index is -0.362. The molecule has 1 aromatic rings. The second-order valence-corrected chi connectivity index (χ2v) is 6.83. The smallest absolute Gasteiger partial charge is 0.315 e. The number of amides is 2. The minimum Gasteiger partial charge on any atom is -0.334 e. The number of fused-ring (bicyclic) bond motifs is 3. The molecule has 1 unspecified atom stereocenters. The van der Waals surface area contributed by atoms with Crippen molar-refractivity contribution in [1.29, 1.82) is 0 Å². The number of carbonyl (C=O) groups is 1. The highest BCUT2D eigenvalue weighted by atomic mass is 16.2. The molecule has 3 saturated heterocycles. The van der Waals surface area contributed by atoms with Crippen LogP contribution in [0.3, 0.4) is 0 Å². The number of piperidine rings is 3. The summed E-state index contributed by atoms with van der Waals surface area (Å²) in [6, 6.07) is 10.4. The highest BCUT2D eigenvalue weighted by Crippen LogP contribution is 2.27. The molecule has 2 bridgehead atoms. The van der Waals surface area contributed by atoms with E-state index in [2.05, 4.69) is 27.7 Å². The fourth-order valence-electron chi connectivity index (χ4n) is 3.54. The highest BCUT2D eigenvalue weighted by Gasteiger charge is 2.35. The topological polar surface area (TPSA) is 44.4 Å². The van der Waals surface area contributed by atoms with E-state index in [9.17, 15) is 4.79 Å². The van der Waals surface area contributed by atoms with Crippen molar-refractivity contribution in [3.8, 4) is 0 Å². The summed E-state index contributed by atoms with van der Waals surface area (Å²) in [5.74, 6) is 0.653. The first-order chi connectivity index (χ1) is 10.0. The van der Waals surface area contributed by atoms with Gasteiger partial charge in [0.25, 0.3) is 0 Å². The van der Waals surface area contributed by atoms with Crippen molar-refractivity contribution in [2.24, 2.45) is 5.92 Å². The van der Waals surface area contributed by atoms with E-state index in [-0.39, 0.29) is 11.6 Å². The predicted molar refractivity (Wildman–Crippen MR) is 84.1 cm³/mol. The Morgan fingerprint density at radius 2 is 1.86 bits per heavy atom. The van der Waals surface area contributed by atoms with Crippen molar-refractivity contribution >= 4 is 6.03 Å². The van der Waals surface area contributed by atoms with Crippen molar-refractivity contribution in [3.05, 3.63) is 35.9 Å². The first-order valence-corrected chi connectivity index (χ1v) is 7.91. The largest absolute Gasteiger partial charge is 0.334 e. The Labute approximate surface area is 126 Å². The van der Waals surface area contributed by atoms with Crippen LogP contribution >= 0.6 is 0 Å². The lowest BCUT2D eigenvalue weighted by Crippen LogP contribution is -2.60. The summed E-state index contributed by atoms with van der Waals surface area (Å²) in [4.78, 5) is 14.8. The maximum absolute atomic E-state index is 12.3. The molecule has 3 fully saturated rings. The van der Waals surface area contributed by atoms with Gasteiger partial charge in [0.1, 0.15) is 0 Å². The van der Waals surface area contributed by atoms with E-state index in [0.29, 0.717) is 12.0 Å². The van der Waals surface area contributed by atoms with E-state index < -0.39 is 0 Å². The summed E-state index contributed by atoms with van der Waals surface area (Å²) in [7, 11) is 0. The molecule has 4 rings (SSSR count). The van der Waals surface area contributed by atoms with Gasteiger partial charge >= 0.3 is 6.03 Å². The molecule has 1 atom stereocenters. The molecule has 2 N–H and O–H groups in total. The van der Waals surface area contributed by atoms with Crippen LogP contribution in [0.5, 0.6) is 0 Å². The molecule has 4 nitrogen and oxygen atoms in total. The maximum atomic E-state index is 12.3. The Hall–Kier alpha value is -1.55. The van der Waals surface area contributed by atoms with Crippen LogP contribution in [0.25, 0.3) is 0 Å². The number of hydrogen-bond acceptors (Lipinski definition) is 2. The van der Waals surface area contributed by atoms with Crippen molar-refractivity contribution in [1.82, 2.24) is 15.5 Å². The fraction of sp³-hybridized carbons (Fsp3) is 0.588. The maximum Gasteiger partial charge on any atom is 0.315 e. The van der Waals surface area contributed by atoms with Gasteiger partial charge in [0.15, 0.2) is 0 Å². The first kappa shape index (κ1) is 14.4. The second-order valence-electron chi connectivity index (χ2n) is 6.83. The van der Waals surface area contributed by atoms with E-state index in [1.165, 1.54) is 25.9 Å². The van der Waals surface area contributed by atoms with Gasteiger partial charge in [-0.05, 0) is 51.3 Å². The number of benzene rings is 1. The second kappa shape index (κ2) is 5.68. The molecular weight excluding hydrogens is 262 g/mol. The van der Waals surface area contributed by atoms with Crippen LogP contribution in [0, 0.1) is 5.92 Å². The third kappa shape index (κ3) is 3.21. The molecule has 0 saturated carbocycles. The molecule has 114 valence electrons. The number of rotatable bonds is 3. The van der Waals surface area contributed by atoms with E-state index in [4.69, 9.17) is 0 Å². The SMILES string of the molecule is CC(C)(NC(=O)NC1CN2CCC1CC2)c1ccccc1. The van der Waals surface area contributed by atoms with Crippen LogP contribution in [0.15, 0.2) is 30.3 Å². The van der Waals surface area contributed by atoms with Crippen molar-refractivity contribution in [2.75, 3.05) is 19.6 Å². The summed E-state index contributed by atoms with van der Waals surface area (Å²) in [6.07, 6.45) is 2.43. The quantitative estimate of drug-likeness (QED) is 0.896. The van der Waals surface area contributed by atoms with Crippen molar-refractivity contribution < 1.29 is 4.79 Å². The van der Waals surface area contributed by atoms with Crippen LogP contribution in [-0.4, -0.2) is 36.6 Å². The molecule has 0 spiro atoms. The summed E-state index contributed by atoms with van der Waals surface area (Å²) in [5.41, 5.74) is 0.758. The third-order valence-corrected chi connectivity index (χ3v) is 4.89. The Morgan fingerprint density at radius 1 is 1.19 bits per heavy atom. The number of urea groups is 1. The fourth-order valence-corrected chi connectivity index (χ4v) is 3.54. The van der Waals surface area contributed by atoms with Crippen LogP contribution in [-0.2, 0) is 5.54 Å². The summed E-state index contributed by atoms with van der Waals surface area (Å²) in [6.45, 7) is 7.47. The lowest BCUT2D eigenvalue weighted by atomic mass is 9.84. The number of nitrogens with zero attached hydrogens (tertiary/aromatic N) is 1. The van der Waals surface area contributed by atoms with E-state index in [1.807, 2.05) is 32.0 Å². The minimum absolute atomic E-state index is 0.0531. The van der Waals surface area contributed by atoms with Gasteiger partial charge in [0, 0.05) is 12.6 Å². The average Bonchev–Trinajstić information content (AvgIpc) is 2.49. The first-order valence-electron chi connectivity index (χ1n) is 7.91. The van der Waals surface area contributed by atoms with Gasteiger partial charge in [-0.25, -0.2) is 4.79 Å². The van der Waals surface area contributed by atoms with E-state index in [1.54, 1.807) is 0 Å². The number of hydrogen-bond donors (Lipinski definition) is 2. The zero-order chi connectivity index (χ0) is 14.9. The Kier molecular flexibility index (Phi) is 3.89. The summed E-state index contributed by atoms with van der Waals surface area (Å²) >= 11 is 0. The van der Waals surface area contributed by atoms with Crippen molar-refractivity contribution in [3.63, 3.8) is 0 Å². The van der Waals surface area contributed by atoms with Gasteiger partial charge in [-0.2, -0.15) is 0 Å². The normalized spacial score (nSPS) is 28.2. The predicted octanol–water partition coefficient (Wildman–Crippen LogP) is 2.32. The lowest BCUT2D eigenvalue weighted by molar-refractivity contribution is 0.0760. The molecule has 3 heterocycles. The Bertz CT molecular complexity index is 492. The van der Waals surface area contributed by atoms with Gasteiger partial charge in [-0.15, -0.1) is 0 Å². The standard InChI is InChI=1S/C17H25N3O/c1-17(2,14-6-4-3-5-7-14)19-16(21)18-15-12-20-10-8-13(15)9-11-20/h3-7,13,15H,8-12H2,1-2H3,(H2,18,19,21). The summed E-state index contributed by atoms with van der Waals surface area (Å²) in [5, 5.41) is 6.30. The van der Waals surface area contributed by atoms with Gasteiger partial charge in [-0.1, -0.05) is 30.3 Å². The van der Waals surface area contributed by atoms with Gasteiger partial charge in [0.2, 0.25) is 0 Å². The zero-order valence-electron chi connectivity index (χ0n) is 12.9.